The second-order valence-electron chi connectivity index (χ2n) is 3.48. The number of allylic oxidation sites excluding steroid dienone is 1. The molecule has 1 unspecified atom stereocenters. The fourth-order valence-corrected chi connectivity index (χ4v) is 1.35. The SMILES string of the molecule is C=CCC(C)(C#N)c1ccc(O)cc1. The monoisotopic (exact) mass is 187 g/mol. The molecule has 0 aliphatic heterocycles. The van der Waals surface area contributed by atoms with Gasteiger partial charge in [0.25, 0.3) is 0 Å². The molecule has 72 valence electrons. The van der Waals surface area contributed by atoms with Gasteiger partial charge < -0.3 is 5.11 Å². The molecule has 0 aliphatic rings. The second kappa shape index (κ2) is 3.97. The summed E-state index contributed by atoms with van der Waals surface area (Å²) in [6, 6.07) is 8.98. The summed E-state index contributed by atoms with van der Waals surface area (Å²) < 4.78 is 0. The number of nitrogens with zero attached hydrogens (tertiary/aromatic N) is 1. The summed E-state index contributed by atoms with van der Waals surface area (Å²) >= 11 is 0. The van der Waals surface area contributed by atoms with Crippen molar-refractivity contribution in [2.24, 2.45) is 0 Å². The predicted molar refractivity (Wildman–Crippen MR) is 55.9 cm³/mol. The molecule has 14 heavy (non-hydrogen) atoms. The average Bonchev–Trinajstić information content (AvgIpc) is 2.19. The lowest BCUT2D eigenvalue weighted by Crippen LogP contribution is -2.18. The van der Waals surface area contributed by atoms with Gasteiger partial charge in [-0.1, -0.05) is 18.2 Å². The van der Waals surface area contributed by atoms with Crippen LogP contribution in [0.2, 0.25) is 0 Å². The highest BCUT2D eigenvalue weighted by molar-refractivity contribution is 5.35. The number of phenols is 1. The molecule has 1 aromatic rings. The molecular weight excluding hydrogens is 174 g/mol. The Morgan fingerprint density at radius 3 is 2.50 bits per heavy atom. The van der Waals surface area contributed by atoms with Gasteiger partial charge in [0.15, 0.2) is 0 Å². The van der Waals surface area contributed by atoms with Crippen LogP contribution >= 0.6 is 0 Å². The maximum absolute atomic E-state index is 9.12. The zero-order chi connectivity index (χ0) is 10.6. The number of nitriles is 1. The van der Waals surface area contributed by atoms with Gasteiger partial charge in [-0.3, -0.25) is 0 Å². The average molecular weight is 187 g/mol. The van der Waals surface area contributed by atoms with Crippen molar-refractivity contribution in [1.82, 2.24) is 0 Å². The highest BCUT2D eigenvalue weighted by Crippen LogP contribution is 2.28. The van der Waals surface area contributed by atoms with E-state index < -0.39 is 5.41 Å². The Balaban J connectivity index is 3.07. The molecule has 0 fully saturated rings. The third-order valence-corrected chi connectivity index (χ3v) is 2.30. The van der Waals surface area contributed by atoms with E-state index in [1.807, 2.05) is 6.92 Å². The number of rotatable bonds is 3. The maximum Gasteiger partial charge on any atom is 0.115 e. The normalized spacial score (nSPS) is 14.0. The van der Waals surface area contributed by atoms with Crippen molar-refractivity contribution in [1.29, 1.82) is 5.26 Å². The van der Waals surface area contributed by atoms with Gasteiger partial charge in [-0.05, 0) is 31.0 Å². The Morgan fingerprint density at radius 2 is 2.07 bits per heavy atom. The van der Waals surface area contributed by atoms with Crippen molar-refractivity contribution in [3.05, 3.63) is 42.5 Å². The Labute approximate surface area is 84.1 Å². The van der Waals surface area contributed by atoms with Crippen LogP contribution < -0.4 is 0 Å². The highest BCUT2D eigenvalue weighted by atomic mass is 16.3. The van der Waals surface area contributed by atoms with Gasteiger partial charge in [0.1, 0.15) is 5.75 Å². The number of aromatic hydroxyl groups is 1. The summed E-state index contributed by atoms with van der Waals surface area (Å²) in [5, 5.41) is 18.2. The van der Waals surface area contributed by atoms with Crippen LogP contribution in [-0.2, 0) is 5.41 Å². The third kappa shape index (κ3) is 1.94. The first-order valence-corrected chi connectivity index (χ1v) is 4.44. The molecular formula is C12H13NO. The molecule has 1 rings (SSSR count). The number of hydrogen-bond acceptors (Lipinski definition) is 2. The zero-order valence-electron chi connectivity index (χ0n) is 8.20. The lowest BCUT2D eigenvalue weighted by molar-refractivity contribution is 0.474. The zero-order valence-corrected chi connectivity index (χ0v) is 8.20. The Morgan fingerprint density at radius 1 is 1.50 bits per heavy atom. The van der Waals surface area contributed by atoms with Crippen LogP contribution in [0.15, 0.2) is 36.9 Å². The molecule has 1 aromatic carbocycles. The summed E-state index contributed by atoms with van der Waals surface area (Å²) in [6.07, 6.45) is 2.34. The largest absolute Gasteiger partial charge is 0.508 e. The van der Waals surface area contributed by atoms with Crippen molar-refractivity contribution >= 4 is 0 Å². The van der Waals surface area contributed by atoms with Gasteiger partial charge in [0.05, 0.1) is 11.5 Å². The van der Waals surface area contributed by atoms with E-state index in [4.69, 9.17) is 10.4 Å². The number of hydrogen-bond donors (Lipinski definition) is 1. The van der Waals surface area contributed by atoms with Gasteiger partial charge in [-0.15, -0.1) is 6.58 Å². The quantitative estimate of drug-likeness (QED) is 0.739. The molecule has 2 heteroatoms. The van der Waals surface area contributed by atoms with Crippen molar-refractivity contribution in [3.8, 4) is 11.8 Å². The van der Waals surface area contributed by atoms with Gasteiger partial charge in [0, 0.05) is 0 Å². The van der Waals surface area contributed by atoms with E-state index in [1.54, 1.807) is 30.3 Å². The molecule has 0 heterocycles. The van der Waals surface area contributed by atoms with E-state index in [0.29, 0.717) is 6.42 Å². The van der Waals surface area contributed by atoms with E-state index in [2.05, 4.69) is 12.6 Å². The highest BCUT2D eigenvalue weighted by Gasteiger charge is 2.24. The summed E-state index contributed by atoms with van der Waals surface area (Å²) in [5.74, 6) is 0.215. The summed E-state index contributed by atoms with van der Waals surface area (Å²) in [5.41, 5.74) is 0.354. The first kappa shape index (κ1) is 10.3. The van der Waals surface area contributed by atoms with E-state index in [9.17, 15) is 0 Å². The maximum atomic E-state index is 9.12. The molecule has 1 N–H and O–H groups in total. The number of benzene rings is 1. The van der Waals surface area contributed by atoms with Crippen LogP contribution in [0.25, 0.3) is 0 Å². The van der Waals surface area contributed by atoms with E-state index in [-0.39, 0.29) is 5.75 Å². The predicted octanol–water partition coefficient (Wildman–Crippen LogP) is 2.75. The minimum atomic E-state index is -0.546. The lowest BCUT2D eigenvalue weighted by atomic mass is 9.81. The molecule has 1 atom stereocenters. The lowest BCUT2D eigenvalue weighted by Gasteiger charge is -2.19. The first-order chi connectivity index (χ1) is 6.62. The first-order valence-electron chi connectivity index (χ1n) is 4.44. The van der Waals surface area contributed by atoms with Crippen LogP contribution in [0.4, 0.5) is 0 Å². The molecule has 0 bridgehead atoms. The van der Waals surface area contributed by atoms with Crippen LogP contribution in [0, 0.1) is 11.3 Å². The fraction of sp³-hybridized carbons (Fsp3) is 0.250. The molecule has 0 aliphatic carbocycles. The van der Waals surface area contributed by atoms with Crippen molar-refractivity contribution in [2.75, 3.05) is 0 Å². The molecule has 0 spiro atoms. The van der Waals surface area contributed by atoms with Crippen molar-refractivity contribution in [2.45, 2.75) is 18.8 Å². The molecule has 2 nitrogen and oxygen atoms in total. The van der Waals surface area contributed by atoms with Crippen LogP contribution in [0.5, 0.6) is 5.75 Å². The third-order valence-electron chi connectivity index (χ3n) is 2.30. The van der Waals surface area contributed by atoms with Gasteiger partial charge >= 0.3 is 0 Å². The molecule has 0 saturated carbocycles. The molecule has 0 saturated heterocycles. The molecule has 0 aromatic heterocycles. The van der Waals surface area contributed by atoms with E-state index in [0.717, 1.165) is 5.56 Å². The smallest absolute Gasteiger partial charge is 0.115 e. The second-order valence-corrected chi connectivity index (χ2v) is 3.48. The van der Waals surface area contributed by atoms with Crippen molar-refractivity contribution < 1.29 is 5.11 Å². The summed E-state index contributed by atoms with van der Waals surface area (Å²) in [4.78, 5) is 0. The van der Waals surface area contributed by atoms with Crippen molar-refractivity contribution in [3.63, 3.8) is 0 Å². The number of phenolic OH excluding ortho intramolecular Hbond substituents is 1. The summed E-state index contributed by atoms with van der Waals surface area (Å²) in [6.45, 7) is 5.50. The fourth-order valence-electron chi connectivity index (χ4n) is 1.35. The minimum absolute atomic E-state index is 0.215. The summed E-state index contributed by atoms with van der Waals surface area (Å²) in [7, 11) is 0. The topological polar surface area (TPSA) is 44.0 Å². The molecule has 0 radical (unpaired) electrons. The van der Waals surface area contributed by atoms with Gasteiger partial charge in [-0.2, -0.15) is 5.26 Å². The van der Waals surface area contributed by atoms with Crippen LogP contribution in [0.3, 0.4) is 0 Å². The Kier molecular flexibility index (Phi) is 2.93. The minimum Gasteiger partial charge on any atom is -0.508 e. The Bertz CT molecular complexity index is 361. The standard InChI is InChI=1S/C12H13NO/c1-3-8-12(2,9-13)10-4-6-11(14)7-5-10/h3-7,14H,1,8H2,2H3. The Hall–Kier alpha value is -1.75. The molecule has 0 amide bonds. The van der Waals surface area contributed by atoms with E-state index >= 15 is 0 Å². The van der Waals surface area contributed by atoms with Gasteiger partial charge in [0.2, 0.25) is 0 Å². The van der Waals surface area contributed by atoms with Crippen LogP contribution in [0.1, 0.15) is 18.9 Å². The van der Waals surface area contributed by atoms with Gasteiger partial charge in [-0.25, -0.2) is 0 Å². The van der Waals surface area contributed by atoms with Crippen LogP contribution in [-0.4, -0.2) is 5.11 Å². The van der Waals surface area contributed by atoms with E-state index in [1.165, 1.54) is 0 Å².